The van der Waals surface area contributed by atoms with Gasteiger partial charge in [-0.1, -0.05) is 37.9 Å². The number of amidine groups is 1. The molecule has 0 amide bonds. The van der Waals surface area contributed by atoms with Crippen LogP contribution in [0.3, 0.4) is 0 Å². The van der Waals surface area contributed by atoms with E-state index in [4.69, 9.17) is 4.99 Å². The third-order valence-corrected chi connectivity index (χ3v) is 5.72. The summed E-state index contributed by atoms with van der Waals surface area (Å²) in [4.78, 5) is 4.69. The van der Waals surface area contributed by atoms with Gasteiger partial charge in [0, 0.05) is 16.5 Å². The van der Waals surface area contributed by atoms with Gasteiger partial charge in [0.05, 0.1) is 6.54 Å². The van der Waals surface area contributed by atoms with Crippen molar-refractivity contribution in [3.05, 3.63) is 0 Å². The molecule has 0 aromatic heterocycles. The summed E-state index contributed by atoms with van der Waals surface area (Å²) in [7, 11) is 0. The highest BCUT2D eigenvalue weighted by molar-refractivity contribution is 8.14. The molecule has 0 aromatic carbocycles. The summed E-state index contributed by atoms with van der Waals surface area (Å²) in [5.41, 5.74) is 0.407. The van der Waals surface area contributed by atoms with Crippen LogP contribution in [0.5, 0.6) is 0 Å². The van der Waals surface area contributed by atoms with E-state index in [2.05, 4.69) is 18.5 Å². The first-order valence-corrected chi connectivity index (χ1v) is 8.50. The van der Waals surface area contributed by atoms with Crippen LogP contribution in [0, 0.1) is 0 Å². The van der Waals surface area contributed by atoms with Crippen LogP contribution in [0.25, 0.3) is 0 Å². The minimum Gasteiger partial charge on any atom is -0.359 e. The molecule has 0 radical (unpaired) electrons. The molecule has 2 fully saturated rings. The van der Waals surface area contributed by atoms with E-state index in [0.717, 1.165) is 6.54 Å². The number of hydrogen-bond donors (Lipinski definition) is 1. The normalized spacial score (nSPS) is 28.2. The zero-order valence-electron chi connectivity index (χ0n) is 10.3. The summed E-state index contributed by atoms with van der Waals surface area (Å²) in [5, 5.41) is 5.52. The summed E-state index contributed by atoms with van der Waals surface area (Å²) in [6.07, 6.45) is 9.05. The molecule has 1 aliphatic carbocycles. The van der Waals surface area contributed by atoms with Gasteiger partial charge >= 0.3 is 0 Å². The predicted octanol–water partition coefficient (Wildman–Crippen LogP) is 3.13. The number of nitrogens with one attached hydrogen (secondary N) is 1. The van der Waals surface area contributed by atoms with Gasteiger partial charge < -0.3 is 5.32 Å². The van der Waals surface area contributed by atoms with Gasteiger partial charge in [-0.2, -0.15) is 11.8 Å². The van der Waals surface area contributed by atoms with Gasteiger partial charge in [0.15, 0.2) is 5.17 Å². The first-order valence-electron chi connectivity index (χ1n) is 6.22. The second-order valence-electron chi connectivity index (χ2n) is 4.95. The lowest BCUT2D eigenvalue weighted by molar-refractivity contribution is 0.303. The molecule has 1 N–H and O–H groups in total. The molecule has 0 aromatic rings. The molecule has 0 bridgehead atoms. The van der Waals surface area contributed by atoms with Gasteiger partial charge in [-0.25, -0.2) is 0 Å². The Bertz CT molecular complexity index is 260. The summed E-state index contributed by atoms with van der Waals surface area (Å²) in [6.45, 7) is 3.19. The van der Waals surface area contributed by atoms with Gasteiger partial charge in [-0.05, 0) is 19.1 Å². The van der Waals surface area contributed by atoms with Crippen LogP contribution in [0.1, 0.15) is 39.0 Å². The van der Waals surface area contributed by atoms with Crippen molar-refractivity contribution >= 4 is 28.7 Å². The van der Waals surface area contributed by atoms with Gasteiger partial charge in [-0.15, -0.1) is 0 Å². The second-order valence-corrected chi connectivity index (χ2v) is 7.19. The number of thioether (sulfide) groups is 2. The Kier molecular flexibility index (Phi) is 4.48. The van der Waals surface area contributed by atoms with Crippen molar-refractivity contribution in [3.8, 4) is 0 Å². The van der Waals surface area contributed by atoms with Crippen molar-refractivity contribution in [3.63, 3.8) is 0 Å². The molecular weight excluding hydrogens is 236 g/mol. The van der Waals surface area contributed by atoms with Gasteiger partial charge in [-0.3, -0.25) is 4.99 Å². The van der Waals surface area contributed by atoms with Crippen LogP contribution in [-0.2, 0) is 0 Å². The molecule has 1 saturated carbocycles. The minimum atomic E-state index is 0.407. The fraction of sp³-hybridized carbons (Fsp3) is 0.917. The fourth-order valence-corrected chi connectivity index (χ4v) is 3.83. The predicted molar refractivity (Wildman–Crippen MR) is 76.7 cm³/mol. The highest BCUT2D eigenvalue weighted by Gasteiger charge is 2.37. The van der Waals surface area contributed by atoms with Gasteiger partial charge in [0.25, 0.3) is 0 Å². The summed E-state index contributed by atoms with van der Waals surface area (Å²) >= 11 is 3.82. The zero-order chi connectivity index (χ0) is 11.4. The van der Waals surface area contributed by atoms with Crippen LogP contribution < -0.4 is 5.32 Å². The molecule has 1 atom stereocenters. The molecule has 1 saturated heterocycles. The van der Waals surface area contributed by atoms with E-state index >= 15 is 0 Å². The quantitative estimate of drug-likeness (QED) is 0.841. The van der Waals surface area contributed by atoms with E-state index in [9.17, 15) is 0 Å². The van der Waals surface area contributed by atoms with Crippen molar-refractivity contribution < 1.29 is 0 Å². The molecule has 1 heterocycles. The topological polar surface area (TPSA) is 24.4 Å². The molecule has 1 unspecified atom stereocenters. The minimum absolute atomic E-state index is 0.407. The zero-order valence-corrected chi connectivity index (χ0v) is 11.9. The highest BCUT2D eigenvalue weighted by atomic mass is 32.2. The Balaban J connectivity index is 1.86. The summed E-state index contributed by atoms with van der Waals surface area (Å²) < 4.78 is 0. The number of hydrogen-bond acceptors (Lipinski definition) is 3. The van der Waals surface area contributed by atoms with Crippen LogP contribution >= 0.6 is 23.5 Å². The van der Waals surface area contributed by atoms with Gasteiger partial charge in [0.1, 0.15) is 0 Å². The number of nitrogens with zero attached hydrogens (tertiary/aromatic N) is 1. The first-order chi connectivity index (χ1) is 7.74. The van der Waals surface area contributed by atoms with E-state index in [0.29, 0.717) is 10.8 Å². The third-order valence-electron chi connectivity index (χ3n) is 3.56. The Hall–Kier alpha value is 0.170. The maximum Gasteiger partial charge on any atom is 0.157 e. The largest absolute Gasteiger partial charge is 0.359 e. The monoisotopic (exact) mass is 258 g/mol. The molecule has 2 nitrogen and oxygen atoms in total. The maximum absolute atomic E-state index is 4.69. The Morgan fingerprint density at radius 3 is 2.88 bits per heavy atom. The average Bonchev–Trinajstić information content (AvgIpc) is 2.70. The molecule has 1 spiro atoms. The van der Waals surface area contributed by atoms with E-state index in [1.54, 1.807) is 0 Å². The molecular formula is C12H22N2S2. The summed E-state index contributed by atoms with van der Waals surface area (Å²) in [6, 6.07) is 0. The highest BCUT2D eigenvalue weighted by Crippen LogP contribution is 2.36. The smallest absolute Gasteiger partial charge is 0.157 e. The van der Waals surface area contributed by atoms with Crippen LogP contribution in [-0.4, -0.2) is 34.5 Å². The molecule has 1 aliphatic heterocycles. The molecule has 2 aliphatic rings. The van der Waals surface area contributed by atoms with E-state index in [-0.39, 0.29) is 0 Å². The number of rotatable bonds is 3. The van der Waals surface area contributed by atoms with E-state index < -0.39 is 0 Å². The lowest BCUT2D eigenvalue weighted by Crippen LogP contribution is -2.45. The van der Waals surface area contributed by atoms with Crippen molar-refractivity contribution in [2.75, 3.05) is 18.6 Å². The fourth-order valence-electron chi connectivity index (χ4n) is 2.37. The third kappa shape index (κ3) is 3.10. The molecule has 92 valence electrons. The van der Waals surface area contributed by atoms with E-state index in [1.165, 1.54) is 43.0 Å². The van der Waals surface area contributed by atoms with Crippen molar-refractivity contribution in [1.82, 2.24) is 5.32 Å². The molecule has 2 rings (SSSR count). The van der Waals surface area contributed by atoms with Crippen LogP contribution in [0.2, 0.25) is 0 Å². The summed E-state index contributed by atoms with van der Waals surface area (Å²) in [5.74, 6) is 1.24. The SMILES string of the molecule is CSC(C)CN=C1NC2(CCCCC2)CS1. The first kappa shape index (κ1) is 12.6. The Labute approximate surface area is 107 Å². The maximum atomic E-state index is 4.69. The lowest BCUT2D eigenvalue weighted by Gasteiger charge is -2.32. The molecule has 4 heteroatoms. The van der Waals surface area contributed by atoms with Gasteiger partial charge in [0.2, 0.25) is 0 Å². The Morgan fingerprint density at radius 2 is 2.19 bits per heavy atom. The molecule has 16 heavy (non-hydrogen) atoms. The van der Waals surface area contributed by atoms with Crippen molar-refractivity contribution in [1.29, 1.82) is 0 Å². The van der Waals surface area contributed by atoms with Crippen molar-refractivity contribution in [2.24, 2.45) is 4.99 Å². The van der Waals surface area contributed by atoms with Crippen LogP contribution in [0.15, 0.2) is 4.99 Å². The van der Waals surface area contributed by atoms with E-state index in [1.807, 2.05) is 23.5 Å². The second kappa shape index (κ2) is 5.67. The lowest BCUT2D eigenvalue weighted by atomic mass is 9.83. The van der Waals surface area contributed by atoms with Crippen LogP contribution in [0.4, 0.5) is 0 Å². The Morgan fingerprint density at radius 1 is 1.44 bits per heavy atom. The average molecular weight is 258 g/mol. The van der Waals surface area contributed by atoms with Crippen molar-refractivity contribution in [2.45, 2.75) is 49.8 Å². The number of aliphatic imine (C=N–C) groups is 1. The standard InChI is InChI=1S/C12H22N2S2/c1-10(15-2)8-13-11-14-12(9-16-11)6-4-3-5-7-12/h10H,3-9H2,1-2H3,(H,13,14).